The first-order valence-corrected chi connectivity index (χ1v) is 7.79. The van der Waals surface area contributed by atoms with Crippen LogP contribution in [0.15, 0.2) is 42.5 Å². The summed E-state index contributed by atoms with van der Waals surface area (Å²) in [5, 5.41) is 32.8. The molecule has 0 aliphatic rings. The molecule has 5 N–H and O–H groups in total. The Kier molecular flexibility index (Phi) is 6.15. The predicted octanol–water partition coefficient (Wildman–Crippen LogP) is 1.94. The molecule has 136 valence electrons. The number of anilines is 1. The van der Waals surface area contributed by atoms with Gasteiger partial charge in [-0.3, -0.25) is 9.59 Å². The second-order valence-electron chi connectivity index (χ2n) is 5.53. The fourth-order valence-corrected chi connectivity index (χ4v) is 2.23. The quantitative estimate of drug-likeness (QED) is 0.480. The molecule has 0 heterocycles. The number of rotatable bonds is 7. The zero-order valence-electron chi connectivity index (χ0n) is 13.7. The van der Waals surface area contributed by atoms with Gasteiger partial charge in [0.2, 0.25) is 5.91 Å². The third-order valence-electron chi connectivity index (χ3n) is 3.42. The Morgan fingerprint density at radius 2 is 1.62 bits per heavy atom. The number of phenols is 2. The Bertz CT molecular complexity index is 814. The summed E-state index contributed by atoms with van der Waals surface area (Å²) in [5.41, 5.74) is 0.566. The average molecular weight is 358 g/mol. The summed E-state index contributed by atoms with van der Waals surface area (Å²) < 4.78 is 0. The number of amides is 2. The van der Waals surface area contributed by atoms with Crippen molar-refractivity contribution in [1.29, 1.82) is 0 Å². The molecule has 0 radical (unpaired) electrons. The van der Waals surface area contributed by atoms with Crippen LogP contribution in [-0.4, -0.2) is 39.6 Å². The number of hydrogen-bond acceptors (Lipinski definition) is 5. The molecule has 0 atom stereocenters. The molecule has 2 amide bonds. The van der Waals surface area contributed by atoms with Crippen LogP contribution in [0, 0.1) is 0 Å². The minimum Gasteiger partial charge on any atom is -0.508 e. The number of benzene rings is 2. The predicted molar refractivity (Wildman–Crippen MR) is 93.4 cm³/mol. The second kappa shape index (κ2) is 8.52. The highest BCUT2D eigenvalue weighted by atomic mass is 16.4. The molecule has 0 saturated carbocycles. The Morgan fingerprint density at radius 1 is 0.923 bits per heavy atom. The lowest BCUT2D eigenvalue weighted by molar-refractivity contribution is -0.116. The fraction of sp³-hybridized carbons (Fsp3) is 0.167. The van der Waals surface area contributed by atoms with Gasteiger partial charge in [0.25, 0.3) is 5.91 Å². The van der Waals surface area contributed by atoms with E-state index in [4.69, 9.17) is 5.11 Å². The SMILES string of the molecule is O=C(CCCNC(=O)c1cc(O)cc(O)c1)Nc1cccc(C(=O)O)c1. The van der Waals surface area contributed by atoms with Crippen LogP contribution in [0.2, 0.25) is 0 Å². The zero-order valence-corrected chi connectivity index (χ0v) is 13.7. The molecule has 26 heavy (non-hydrogen) atoms. The van der Waals surface area contributed by atoms with E-state index in [1.807, 2.05) is 0 Å². The molecule has 0 unspecified atom stereocenters. The van der Waals surface area contributed by atoms with Crippen LogP contribution in [0.25, 0.3) is 0 Å². The smallest absolute Gasteiger partial charge is 0.335 e. The van der Waals surface area contributed by atoms with Crippen molar-refractivity contribution in [3.8, 4) is 11.5 Å². The molecular formula is C18H18N2O6. The average Bonchev–Trinajstić information content (AvgIpc) is 2.58. The van der Waals surface area contributed by atoms with E-state index in [-0.39, 0.29) is 41.5 Å². The van der Waals surface area contributed by atoms with Crippen molar-refractivity contribution in [3.05, 3.63) is 53.6 Å². The molecule has 0 aromatic heterocycles. The molecule has 0 saturated heterocycles. The summed E-state index contributed by atoms with van der Waals surface area (Å²) >= 11 is 0. The summed E-state index contributed by atoms with van der Waals surface area (Å²) in [4.78, 5) is 34.6. The highest BCUT2D eigenvalue weighted by molar-refractivity contribution is 5.95. The van der Waals surface area contributed by atoms with Crippen molar-refractivity contribution in [2.24, 2.45) is 0 Å². The van der Waals surface area contributed by atoms with E-state index in [2.05, 4.69) is 10.6 Å². The number of hydrogen-bond donors (Lipinski definition) is 5. The molecular weight excluding hydrogens is 340 g/mol. The molecule has 2 rings (SSSR count). The third kappa shape index (κ3) is 5.52. The second-order valence-corrected chi connectivity index (χ2v) is 5.53. The number of aromatic hydroxyl groups is 2. The summed E-state index contributed by atoms with van der Waals surface area (Å²) in [6.45, 7) is 0.220. The van der Waals surface area contributed by atoms with Crippen LogP contribution in [0.1, 0.15) is 33.6 Å². The number of aromatic carboxylic acids is 1. The molecule has 0 aliphatic heterocycles. The molecule has 0 aliphatic carbocycles. The van der Waals surface area contributed by atoms with Gasteiger partial charge in [-0.2, -0.15) is 0 Å². The van der Waals surface area contributed by atoms with Crippen LogP contribution in [-0.2, 0) is 4.79 Å². The molecule has 2 aromatic rings. The first-order valence-electron chi connectivity index (χ1n) is 7.79. The maximum atomic E-state index is 11.9. The van der Waals surface area contributed by atoms with Gasteiger partial charge in [-0.15, -0.1) is 0 Å². The monoisotopic (exact) mass is 358 g/mol. The fourth-order valence-electron chi connectivity index (χ4n) is 2.23. The van der Waals surface area contributed by atoms with Crippen molar-refractivity contribution >= 4 is 23.5 Å². The maximum Gasteiger partial charge on any atom is 0.335 e. The molecule has 8 heteroatoms. The van der Waals surface area contributed by atoms with E-state index < -0.39 is 11.9 Å². The van der Waals surface area contributed by atoms with Crippen molar-refractivity contribution in [3.63, 3.8) is 0 Å². The van der Waals surface area contributed by atoms with Crippen molar-refractivity contribution in [1.82, 2.24) is 5.32 Å². The van der Waals surface area contributed by atoms with Gasteiger partial charge in [-0.25, -0.2) is 4.79 Å². The lowest BCUT2D eigenvalue weighted by atomic mass is 10.2. The van der Waals surface area contributed by atoms with Gasteiger partial charge < -0.3 is 26.0 Å². The summed E-state index contributed by atoms with van der Waals surface area (Å²) in [6.07, 6.45) is 0.490. The summed E-state index contributed by atoms with van der Waals surface area (Å²) in [6, 6.07) is 9.45. The zero-order chi connectivity index (χ0) is 19.1. The maximum absolute atomic E-state index is 11.9. The Hall–Kier alpha value is -3.55. The minimum atomic E-state index is -1.08. The van der Waals surface area contributed by atoms with Gasteiger partial charge >= 0.3 is 5.97 Å². The van der Waals surface area contributed by atoms with E-state index in [1.54, 1.807) is 6.07 Å². The van der Waals surface area contributed by atoms with Crippen LogP contribution in [0.3, 0.4) is 0 Å². The minimum absolute atomic E-state index is 0.0735. The number of carbonyl (C=O) groups is 3. The van der Waals surface area contributed by atoms with Gasteiger partial charge in [-0.1, -0.05) is 6.07 Å². The first-order chi connectivity index (χ1) is 12.3. The van der Waals surface area contributed by atoms with E-state index in [0.29, 0.717) is 12.1 Å². The molecule has 0 spiro atoms. The normalized spacial score (nSPS) is 10.2. The van der Waals surface area contributed by atoms with Crippen LogP contribution >= 0.6 is 0 Å². The van der Waals surface area contributed by atoms with Crippen LogP contribution in [0.5, 0.6) is 11.5 Å². The Balaban J connectivity index is 1.77. The lowest BCUT2D eigenvalue weighted by Gasteiger charge is -2.08. The number of carbonyl (C=O) groups excluding carboxylic acids is 2. The van der Waals surface area contributed by atoms with E-state index in [1.165, 1.54) is 30.3 Å². The standard InChI is InChI=1S/C18H18N2O6/c21-14-8-12(9-15(22)10-14)17(24)19-6-2-5-16(23)20-13-4-1-3-11(7-13)18(25)26/h1,3-4,7-10,21-22H,2,5-6H2,(H,19,24)(H,20,23)(H,25,26). The Labute approximate surface area is 149 Å². The van der Waals surface area contributed by atoms with Crippen LogP contribution in [0.4, 0.5) is 5.69 Å². The first kappa shape index (κ1) is 18.8. The van der Waals surface area contributed by atoms with Crippen molar-refractivity contribution in [2.75, 3.05) is 11.9 Å². The van der Waals surface area contributed by atoms with Crippen molar-refractivity contribution < 1.29 is 29.7 Å². The number of nitrogens with one attached hydrogen (secondary N) is 2. The topological polar surface area (TPSA) is 136 Å². The summed E-state index contributed by atoms with van der Waals surface area (Å²) in [7, 11) is 0. The van der Waals surface area contributed by atoms with Gasteiger partial charge in [0.15, 0.2) is 0 Å². The lowest BCUT2D eigenvalue weighted by Crippen LogP contribution is -2.25. The van der Waals surface area contributed by atoms with Gasteiger partial charge in [0.05, 0.1) is 5.56 Å². The number of phenolic OH excluding ortho intramolecular Hbond substituents is 2. The Morgan fingerprint density at radius 3 is 2.27 bits per heavy atom. The largest absolute Gasteiger partial charge is 0.508 e. The van der Waals surface area contributed by atoms with E-state index in [0.717, 1.165) is 6.07 Å². The van der Waals surface area contributed by atoms with Gasteiger partial charge in [0.1, 0.15) is 11.5 Å². The van der Waals surface area contributed by atoms with E-state index >= 15 is 0 Å². The van der Waals surface area contributed by atoms with Crippen LogP contribution < -0.4 is 10.6 Å². The molecule has 0 fully saturated rings. The molecule has 0 bridgehead atoms. The van der Waals surface area contributed by atoms with Gasteiger partial charge in [-0.05, 0) is 36.8 Å². The van der Waals surface area contributed by atoms with Gasteiger partial charge in [0, 0.05) is 30.3 Å². The highest BCUT2D eigenvalue weighted by Gasteiger charge is 2.09. The molecule has 8 nitrogen and oxygen atoms in total. The van der Waals surface area contributed by atoms with E-state index in [9.17, 15) is 24.6 Å². The highest BCUT2D eigenvalue weighted by Crippen LogP contribution is 2.20. The third-order valence-corrected chi connectivity index (χ3v) is 3.42. The number of carboxylic acids is 1. The summed E-state index contributed by atoms with van der Waals surface area (Å²) in [5.74, 6) is -2.32. The van der Waals surface area contributed by atoms with Crippen molar-refractivity contribution in [2.45, 2.75) is 12.8 Å². The molecule has 2 aromatic carbocycles. The number of carboxylic acid groups (broad SMARTS) is 1.